The Morgan fingerprint density at radius 3 is 2.71 bits per heavy atom. The van der Waals surface area contributed by atoms with Crippen molar-refractivity contribution in [3.8, 4) is 11.3 Å². The number of aryl methyl sites for hydroxylation is 2. The summed E-state index contributed by atoms with van der Waals surface area (Å²) >= 11 is 6.49. The molecule has 5 rings (SSSR count). The molecule has 3 aromatic rings. The van der Waals surface area contributed by atoms with Gasteiger partial charge in [-0.3, -0.25) is 14.5 Å². The van der Waals surface area contributed by atoms with Crippen molar-refractivity contribution in [3.05, 3.63) is 69.9 Å². The lowest BCUT2D eigenvalue weighted by atomic mass is 9.90. The highest BCUT2D eigenvalue weighted by molar-refractivity contribution is 8.26. The van der Waals surface area contributed by atoms with Gasteiger partial charge in [0.05, 0.1) is 4.91 Å². The van der Waals surface area contributed by atoms with Crippen LogP contribution in [0.25, 0.3) is 17.3 Å². The van der Waals surface area contributed by atoms with E-state index in [1.54, 1.807) is 18.2 Å². The molecule has 2 aromatic carbocycles. The van der Waals surface area contributed by atoms with Crippen LogP contribution in [-0.2, 0) is 22.4 Å². The van der Waals surface area contributed by atoms with Crippen molar-refractivity contribution in [1.82, 2.24) is 15.2 Å². The number of hydrogen-bond donors (Lipinski definition) is 1. The maximum absolute atomic E-state index is 13.1. The lowest BCUT2D eigenvalue weighted by Crippen LogP contribution is -2.31. The van der Waals surface area contributed by atoms with Crippen LogP contribution in [0, 0.1) is 5.82 Å². The number of halogens is 1. The van der Waals surface area contributed by atoms with Gasteiger partial charge in [0.1, 0.15) is 10.1 Å². The van der Waals surface area contributed by atoms with Crippen LogP contribution in [0.4, 0.5) is 10.2 Å². The highest BCUT2D eigenvalue weighted by atomic mass is 32.2. The molecule has 1 aromatic heterocycles. The molecule has 0 unspecified atom stereocenters. The smallest absolute Gasteiger partial charge is 0.266 e. The second kappa shape index (κ2) is 10.1. The summed E-state index contributed by atoms with van der Waals surface area (Å²) in [5, 5.41) is 10.6. The number of carbonyl (C=O) groups is 2. The number of amides is 2. The second-order valence-corrected chi connectivity index (χ2v) is 10.0. The monoisotopic (exact) mass is 508 g/mol. The number of benzene rings is 2. The molecular weight excluding hydrogens is 487 g/mol. The Labute approximate surface area is 210 Å². The summed E-state index contributed by atoms with van der Waals surface area (Å²) in [5.41, 5.74) is 4.64. The summed E-state index contributed by atoms with van der Waals surface area (Å²) in [6, 6.07) is 12.0. The van der Waals surface area contributed by atoms with Crippen LogP contribution in [0.1, 0.15) is 36.0 Å². The van der Waals surface area contributed by atoms with Crippen molar-refractivity contribution >= 4 is 52.0 Å². The minimum absolute atomic E-state index is 0.0206. The molecule has 1 aliphatic heterocycles. The van der Waals surface area contributed by atoms with E-state index >= 15 is 0 Å². The first-order valence-electron chi connectivity index (χ1n) is 11.2. The molecule has 0 spiro atoms. The van der Waals surface area contributed by atoms with E-state index in [9.17, 15) is 14.0 Å². The van der Waals surface area contributed by atoms with Crippen molar-refractivity contribution in [2.24, 2.45) is 0 Å². The summed E-state index contributed by atoms with van der Waals surface area (Å²) in [7, 11) is 0. The second-order valence-electron chi connectivity index (χ2n) is 8.34. The average Bonchev–Trinajstić information content (AvgIpc) is 3.42. The van der Waals surface area contributed by atoms with Crippen LogP contribution < -0.4 is 5.32 Å². The van der Waals surface area contributed by atoms with E-state index in [0.717, 1.165) is 36.6 Å². The van der Waals surface area contributed by atoms with Crippen molar-refractivity contribution < 1.29 is 18.6 Å². The van der Waals surface area contributed by atoms with Gasteiger partial charge in [-0.25, -0.2) is 9.02 Å². The third-order valence-corrected chi connectivity index (χ3v) is 7.35. The summed E-state index contributed by atoms with van der Waals surface area (Å²) < 4.78 is 18.4. The number of aromatic nitrogens is 2. The molecule has 1 fully saturated rings. The molecule has 1 aliphatic carbocycles. The molecule has 2 heterocycles. The van der Waals surface area contributed by atoms with Crippen LogP contribution in [-0.4, -0.2) is 37.9 Å². The largest absolute Gasteiger partial charge is 0.306 e. The Hall–Kier alpha value is -3.37. The normalized spacial score (nSPS) is 16.6. The molecule has 0 saturated carbocycles. The molecular formula is C25H21FN4O3S2. The number of hydrogen-bond acceptors (Lipinski definition) is 7. The molecule has 0 atom stereocenters. The predicted octanol–water partition coefficient (Wildman–Crippen LogP) is 4.98. The van der Waals surface area contributed by atoms with Crippen molar-refractivity contribution in [1.29, 1.82) is 0 Å². The minimum atomic E-state index is -0.349. The zero-order valence-electron chi connectivity index (χ0n) is 18.6. The van der Waals surface area contributed by atoms with E-state index in [1.165, 1.54) is 34.6 Å². The van der Waals surface area contributed by atoms with E-state index in [1.807, 2.05) is 6.07 Å². The highest BCUT2D eigenvalue weighted by Crippen LogP contribution is 2.33. The number of rotatable bonds is 6. The lowest BCUT2D eigenvalue weighted by molar-refractivity contribution is -0.122. The number of carbonyl (C=O) groups excluding carboxylic acids is 2. The fraction of sp³-hybridized carbons (Fsp3) is 0.240. The lowest BCUT2D eigenvalue weighted by Gasteiger charge is -2.16. The summed E-state index contributed by atoms with van der Waals surface area (Å²) in [4.78, 5) is 27.2. The average molecular weight is 509 g/mol. The summed E-state index contributed by atoms with van der Waals surface area (Å²) in [6.07, 6.45) is 6.14. The van der Waals surface area contributed by atoms with Gasteiger partial charge in [-0.2, -0.15) is 0 Å². The molecule has 35 heavy (non-hydrogen) atoms. The van der Waals surface area contributed by atoms with Crippen LogP contribution in [0.2, 0.25) is 0 Å². The van der Waals surface area contributed by atoms with Crippen LogP contribution in [0.3, 0.4) is 0 Å². The fourth-order valence-corrected chi connectivity index (χ4v) is 5.46. The molecule has 2 amide bonds. The van der Waals surface area contributed by atoms with Crippen molar-refractivity contribution in [2.45, 2.75) is 32.1 Å². The summed E-state index contributed by atoms with van der Waals surface area (Å²) in [5.74, 6) is -0.725. The zero-order chi connectivity index (χ0) is 24.4. The molecule has 10 heteroatoms. The SMILES string of the molecule is O=C(CCN1C(=O)/C(=C/c2ccc(F)cc2)SC1=S)Nc1nonc1-c1ccc2c(c1)CCCC2. The van der Waals surface area contributed by atoms with Gasteiger partial charge in [0.25, 0.3) is 5.91 Å². The maximum Gasteiger partial charge on any atom is 0.266 e. The van der Waals surface area contributed by atoms with Gasteiger partial charge >= 0.3 is 0 Å². The number of fused-ring (bicyclic) bond motifs is 1. The molecule has 0 radical (unpaired) electrons. The summed E-state index contributed by atoms with van der Waals surface area (Å²) in [6.45, 7) is 0.122. The number of nitrogens with zero attached hydrogens (tertiary/aromatic N) is 3. The van der Waals surface area contributed by atoms with Gasteiger partial charge in [-0.1, -0.05) is 48.2 Å². The Bertz CT molecular complexity index is 1340. The number of thiocarbonyl (C=S) groups is 1. The fourth-order valence-electron chi connectivity index (χ4n) is 4.15. The molecule has 1 saturated heterocycles. The van der Waals surface area contributed by atoms with Crippen LogP contribution >= 0.6 is 24.0 Å². The first kappa shape index (κ1) is 23.4. The van der Waals surface area contributed by atoms with Gasteiger partial charge in [0.15, 0.2) is 5.69 Å². The standard InChI is InChI=1S/C25H21FN4O3S2/c26-19-9-5-15(6-10-19)13-20-24(32)30(25(34)35-20)12-11-21(31)27-23-22(28-33-29-23)18-8-7-16-3-1-2-4-17(16)14-18/h5-10,13-14H,1-4,11-12H2,(H,27,29,31)/b20-13-. The van der Waals surface area contributed by atoms with Gasteiger partial charge in [-0.05, 0) is 77.0 Å². The van der Waals surface area contributed by atoms with E-state index in [2.05, 4.69) is 27.8 Å². The first-order valence-corrected chi connectivity index (χ1v) is 12.5. The third-order valence-electron chi connectivity index (χ3n) is 5.97. The third kappa shape index (κ3) is 5.18. The highest BCUT2D eigenvalue weighted by Gasteiger charge is 2.32. The van der Waals surface area contributed by atoms with Gasteiger partial charge < -0.3 is 5.32 Å². The molecule has 0 bridgehead atoms. The van der Waals surface area contributed by atoms with E-state index in [-0.39, 0.29) is 36.4 Å². The molecule has 178 valence electrons. The Balaban J connectivity index is 1.22. The van der Waals surface area contributed by atoms with E-state index < -0.39 is 0 Å². The van der Waals surface area contributed by atoms with Crippen LogP contribution in [0.5, 0.6) is 0 Å². The molecule has 7 nitrogen and oxygen atoms in total. The van der Waals surface area contributed by atoms with Crippen LogP contribution in [0.15, 0.2) is 52.0 Å². The van der Waals surface area contributed by atoms with Gasteiger partial charge in [0.2, 0.25) is 11.7 Å². The van der Waals surface area contributed by atoms with Crippen molar-refractivity contribution in [2.75, 3.05) is 11.9 Å². The van der Waals surface area contributed by atoms with Gasteiger partial charge in [-0.15, -0.1) is 0 Å². The first-order chi connectivity index (χ1) is 17.0. The predicted molar refractivity (Wildman–Crippen MR) is 136 cm³/mol. The van der Waals surface area contributed by atoms with E-state index in [4.69, 9.17) is 16.8 Å². The van der Waals surface area contributed by atoms with Crippen molar-refractivity contribution in [3.63, 3.8) is 0 Å². The molecule has 2 aliphatic rings. The zero-order valence-corrected chi connectivity index (χ0v) is 20.3. The number of anilines is 1. The number of nitrogens with one attached hydrogen (secondary N) is 1. The number of thioether (sulfide) groups is 1. The Morgan fingerprint density at radius 1 is 1.14 bits per heavy atom. The maximum atomic E-state index is 13.1. The Kier molecular flexibility index (Phi) is 6.74. The van der Waals surface area contributed by atoms with E-state index in [0.29, 0.717) is 20.5 Å². The van der Waals surface area contributed by atoms with Gasteiger partial charge in [0, 0.05) is 18.5 Å². The quantitative estimate of drug-likeness (QED) is 0.371. The molecule has 1 N–H and O–H groups in total. The minimum Gasteiger partial charge on any atom is -0.306 e. The topological polar surface area (TPSA) is 88.3 Å². The Morgan fingerprint density at radius 2 is 1.91 bits per heavy atom.